The molecule has 0 saturated carbocycles. The molecule has 0 aliphatic rings. The van der Waals surface area contributed by atoms with Crippen LogP contribution in [0, 0.1) is 5.92 Å². The molecule has 0 aliphatic heterocycles. The molecule has 2 nitrogen and oxygen atoms in total. The average Bonchev–Trinajstić information content (AvgIpc) is 2.45. The highest BCUT2D eigenvalue weighted by Crippen LogP contribution is 2.29. The van der Waals surface area contributed by atoms with Gasteiger partial charge in [-0.1, -0.05) is 55.8 Å². The third-order valence-electron chi connectivity index (χ3n) is 2.72. The van der Waals surface area contributed by atoms with Gasteiger partial charge in [-0.25, -0.2) is 0 Å². The first-order valence-corrected chi connectivity index (χ1v) is 7.12. The van der Waals surface area contributed by atoms with Crippen molar-refractivity contribution in [2.45, 2.75) is 20.5 Å². The molecule has 2 aromatic rings. The zero-order valence-electron chi connectivity index (χ0n) is 11.8. The minimum Gasteiger partial charge on any atom is -0.492 e. The van der Waals surface area contributed by atoms with Gasteiger partial charge in [-0.2, -0.15) is 0 Å². The van der Waals surface area contributed by atoms with E-state index in [-0.39, 0.29) is 0 Å². The van der Waals surface area contributed by atoms with Crippen LogP contribution in [0.1, 0.15) is 19.4 Å². The normalized spacial score (nSPS) is 10.6. The van der Waals surface area contributed by atoms with Gasteiger partial charge in [0.25, 0.3) is 0 Å². The number of ether oxygens (including phenoxy) is 2. The fourth-order valence-corrected chi connectivity index (χ4v) is 1.91. The van der Waals surface area contributed by atoms with Crippen molar-refractivity contribution in [1.82, 2.24) is 0 Å². The molecule has 2 aromatic carbocycles. The summed E-state index contributed by atoms with van der Waals surface area (Å²) in [6.07, 6.45) is 0. The van der Waals surface area contributed by atoms with Crippen molar-refractivity contribution in [3.63, 3.8) is 0 Å². The highest BCUT2D eigenvalue weighted by Gasteiger charge is 2.05. The van der Waals surface area contributed by atoms with E-state index in [1.165, 1.54) is 0 Å². The zero-order chi connectivity index (χ0) is 14.4. The van der Waals surface area contributed by atoms with Gasteiger partial charge in [0.05, 0.1) is 11.6 Å². The largest absolute Gasteiger partial charge is 0.492 e. The first-order valence-electron chi connectivity index (χ1n) is 6.74. The van der Waals surface area contributed by atoms with Crippen LogP contribution in [0.3, 0.4) is 0 Å². The summed E-state index contributed by atoms with van der Waals surface area (Å²) in [5.74, 6) is 1.92. The Kier molecular flexibility index (Phi) is 5.31. The monoisotopic (exact) mass is 290 g/mol. The van der Waals surface area contributed by atoms with Gasteiger partial charge < -0.3 is 9.47 Å². The lowest BCUT2D eigenvalue weighted by Gasteiger charge is -2.12. The standard InChI is InChI=1S/C17H19ClO2/c1-13(2)11-20-17-9-8-15(10-16(17)18)19-12-14-6-4-3-5-7-14/h3-10,13H,11-12H2,1-2H3. The molecule has 0 saturated heterocycles. The number of hydrogen-bond donors (Lipinski definition) is 0. The van der Waals surface area contributed by atoms with Crippen LogP contribution >= 0.6 is 11.6 Å². The Morgan fingerprint density at radius 1 is 1.00 bits per heavy atom. The van der Waals surface area contributed by atoms with Crippen LogP contribution in [0.25, 0.3) is 0 Å². The van der Waals surface area contributed by atoms with Crippen LogP contribution in [-0.4, -0.2) is 6.61 Å². The lowest BCUT2D eigenvalue weighted by atomic mass is 10.2. The maximum Gasteiger partial charge on any atom is 0.138 e. The van der Waals surface area contributed by atoms with Gasteiger partial charge in [-0.15, -0.1) is 0 Å². The fraction of sp³-hybridized carbons (Fsp3) is 0.294. The van der Waals surface area contributed by atoms with E-state index in [1.54, 1.807) is 6.07 Å². The summed E-state index contributed by atoms with van der Waals surface area (Å²) >= 11 is 6.19. The van der Waals surface area contributed by atoms with Crippen molar-refractivity contribution in [2.75, 3.05) is 6.61 Å². The van der Waals surface area contributed by atoms with Crippen molar-refractivity contribution < 1.29 is 9.47 Å². The van der Waals surface area contributed by atoms with Crippen LogP contribution in [0.4, 0.5) is 0 Å². The summed E-state index contributed by atoms with van der Waals surface area (Å²) in [7, 11) is 0. The third kappa shape index (κ3) is 4.46. The molecular formula is C17H19ClO2. The molecule has 0 unspecified atom stereocenters. The van der Waals surface area contributed by atoms with Gasteiger partial charge in [0, 0.05) is 6.07 Å². The maximum absolute atomic E-state index is 6.19. The van der Waals surface area contributed by atoms with E-state index in [4.69, 9.17) is 21.1 Å². The van der Waals surface area contributed by atoms with E-state index < -0.39 is 0 Å². The summed E-state index contributed by atoms with van der Waals surface area (Å²) in [5, 5.41) is 0.580. The number of benzene rings is 2. The van der Waals surface area contributed by atoms with Gasteiger partial charge >= 0.3 is 0 Å². The van der Waals surface area contributed by atoms with E-state index in [0.29, 0.717) is 29.9 Å². The number of hydrogen-bond acceptors (Lipinski definition) is 2. The summed E-state index contributed by atoms with van der Waals surface area (Å²) in [5.41, 5.74) is 1.13. The van der Waals surface area contributed by atoms with Crippen LogP contribution in [-0.2, 0) is 6.61 Å². The Hall–Kier alpha value is -1.67. The molecule has 0 amide bonds. The highest BCUT2D eigenvalue weighted by molar-refractivity contribution is 6.32. The van der Waals surface area contributed by atoms with E-state index in [9.17, 15) is 0 Å². The second kappa shape index (κ2) is 7.20. The summed E-state index contributed by atoms with van der Waals surface area (Å²) in [6.45, 7) is 5.39. The Morgan fingerprint density at radius 3 is 2.40 bits per heavy atom. The molecule has 0 aromatic heterocycles. The number of rotatable bonds is 6. The minimum absolute atomic E-state index is 0.472. The van der Waals surface area contributed by atoms with Gasteiger partial charge in [0.2, 0.25) is 0 Å². The molecule has 3 heteroatoms. The SMILES string of the molecule is CC(C)COc1ccc(OCc2ccccc2)cc1Cl. The molecule has 0 atom stereocenters. The lowest BCUT2D eigenvalue weighted by Crippen LogP contribution is -2.04. The smallest absolute Gasteiger partial charge is 0.138 e. The summed E-state index contributed by atoms with van der Waals surface area (Å²) in [4.78, 5) is 0. The maximum atomic E-state index is 6.19. The molecule has 20 heavy (non-hydrogen) atoms. The number of halogens is 1. The van der Waals surface area contributed by atoms with Crippen LogP contribution in [0.5, 0.6) is 11.5 Å². The molecule has 0 bridgehead atoms. The molecule has 0 N–H and O–H groups in total. The van der Waals surface area contributed by atoms with Crippen LogP contribution in [0.2, 0.25) is 5.02 Å². The van der Waals surface area contributed by atoms with Crippen LogP contribution in [0.15, 0.2) is 48.5 Å². The lowest BCUT2D eigenvalue weighted by molar-refractivity contribution is 0.269. The fourth-order valence-electron chi connectivity index (χ4n) is 1.69. The van der Waals surface area contributed by atoms with Gasteiger partial charge in [-0.05, 0) is 23.6 Å². The van der Waals surface area contributed by atoms with E-state index in [1.807, 2.05) is 42.5 Å². The molecule has 0 heterocycles. The Balaban J connectivity index is 1.95. The van der Waals surface area contributed by atoms with Crippen molar-refractivity contribution >= 4 is 11.6 Å². The second-order valence-corrected chi connectivity index (χ2v) is 5.48. The van der Waals surface area contributed by atoms with Gasteiger partial charge in [-0.3, -0.25) is 0 Å². The second-order valence-electron chi connectivity index (χ2n) is 5.07. The molecule has 0 spiro atoms. The van der Waals surface area contributed by atoms with Crippen LogP contribution < -0.4 is 9.47 Å². The Morgan fingerprint density at radius 2 is 1.75 bits per heavy atom. The van der Waals surface area contributed by atoms with E-state index in [2.05, 4.69) is 13.8 Å². The zero-order valence-corrected chi connectivity index (χ0v) is 12.6. The highest BCUT2D eigenvalue weighted by atomic mass is 35.5. The first kappa shape index (κ1) is 14.7. The quantitative estimate of drug-likeness (QED) is 0.749. The van der Waals surface area contributed by atoms with Crippen molar-refractivity contribution in [3.8, 4) is 11.5 Å². The minimum atomic E-state index is 0.472. The molecule has 106 valence electrons. The van der Waals surface area contributed by atoms with E-state index in [0.717, 1.165) is 11.3 Å². The van der Waals surface area contributed by atoms with E-state index >= 15 is 0 Å². The summed E-state index contributed by atoms with van der Waals surface area (Å²) < 4.78 is 11.3. The Bertz CT molecular complexity index is 538. The molecule has 2 rings (SSSR count). The van der Waals surface area contributed by atoms with Crippen molar-refractivity contribution in [3.05, 3.63) is 59.1 Å². The molecule has 0 radical (unpaired) electrons. The van der Waals surface area contributed by atoms with Gasteiger partial charge in [0.1, 0.15) is 18.1 Å². The predicted molar refractivity (Wildman–Crippen MR) is 82.6 cm³/mol. The topological polar surface area (TPSA) is 18.5 Å². The van der Waals surface area contributed by atoms with Gasteiger partial charge in [0.15, 0.2) is 0 Å². The molecule has 0 fully saturated rings. The Labute approximate surface area is 125 Å². The molecular weight excluding hydrogens is 272 g/mol. The van der Waals surface area contributed by atoms with Crippen molar-refractivity contribution in [1.29, 1.82) is 0 Å². The predicted octanol–water partition coefficient (Wildman–Crippen LogP) is 4.95. The average molecular weight is 291 g/mol. The summed E-state index contributed by atoms with van der Waals surface area (Å²) in [6, 6.07) is 15.6. The first-order chi connectivity index (χ1) is 9.65. The third-order valence-corrected chi connectivity index (χ3v) is 3.02. The molecule has 0 aliphatic carbocycles. The van der Waals surface area contributed by atoms with Crippen molar-refractivity contribution in [2.24, 2.45) is 5.92 Å².